The first-order valence-electron chi connectivity index (χ1n) is 7.08. The molecule has 0 aliphatic heterocycles. The zero-order valence-corrected chi connectivity index (χ0v) is 17.8. The third kappa shape index (κ3) is 7.85. The standard InChI is InChI=1S/2C9H10O2.Ba/c2*1-2-7-4-3-5-8(6-7)9(10)11;/h2*3-6H,2H2,1H3,(H,10,11);/q;;+2/p-2. The van der Waals surface area contributed by atoms with Crippen LogP contribution in [0.5, 0.6) is 0 Å². The Labute approximate surface area is 176 Å². The summed E-state index contributed by atoms with van der Waals surface area (Å²) in [7, 11) is 0. The molecule has 0 unspecified atom stereocenters. The molecule has 23 heavy (non-hydrogen) atoms. The number of rotatable bonds is 4. The summed E-state index contributed by atoms with van der Waals surface area (Å²) < 4.78 is 0. The minimum atomic E-state index is -1.11. The molecule has 0 saturated heterocycles. The van der Waals surface area contributed by atoms with Crippen LogP contribution in [0.25, 0.3) is 0 Å². The fraction of sp³-hybridized carbons (Fsp3) is 0.222. The Morgan fingerprint density at radius 2 is 1.13 bits per heavy atom. The quantitative estimate of drug-likeness (QED) is 0.667. The number of hydrogen-bond acceptors (Lipinski definition) is 4. The second kappa shape index (κ2) is 11.5. The van der Waals surface area contributed by atoms with Gasteiger partial charge in [0.05, 0.1) is 11.9 Å². The SMILES string of the molecule is CCc1cccc(C(=O)[O-])c1.CCc1cccc(C(=O)[O-])c1.[Ba+2]. The fourth-order valence-electron chi connectivity index (χ4n) is 1.84. The average Bonchev–Trinajstić information content (AvgIpc) is 2.55. The van der Waals surface area contributed by atoms with Gasteiger partial charge in [0.1, 0.15) is 0 Å². The number of benzene rings is 2. The Bertz CT molecular complexity index is 595. The molecule has 0 aliphatic rings. The normalized spacial score (nSPS) is 9.13. The van der Waals surface area contributed by atoms with Crippen molar-refractivity contribution in [1.29, 1.82) is 0 Å². The van der Waals surface area contributed by atoms with Crippen LogP contribution in [0.2, 0.25) is 0 Å². The number of carboxylic acids is 2. The van der Waals surface area contributed by atoms with Crippen LogP contribution in [0.1, 0.15) is 45.7 Å². The van der Waals surface area contributed by atoms with Crippen molar-refractivity contribution in [1.82, 2.24) is 0 Å². The van der Waals surface area contributed by atoms with Gasteiger partial charge in [-0.3, -0.25) is 0 Å². The Morgan fingerprint density at radius 1 is 0.783 bits per heavy atom. The van der Waals surface area contributed by atoms with Crippen molar-refractivity contribution in [2.75, 3.05) is 0 Å². The first-order valence-corrected chi connectivity index (χ1v) is 7.08. The van der Waals surface area contributed by atoms with E-state index in [9.17, 15) is 19.8 Å². The van der Waals surface area contributed by atoms with E-state index in [4.69, 9.17) is 0 Å². The van der Waals surface area contributed by atoms with Crippen LogP contribution in [0.15, 0.2) is 48.5 Å². The van der Waals surface area contributed by atoms with Gasteiger partial charge in [-0.1, -0.05) is 50.2 Å². The van der Waals surface area contributed by atoms with Crippen LogP contribution >= 0.6 is 0 Å². The minimum Gasteiger partial charge on any atom is -0.545 e. The Morgan fingerprint density at radius 3 is 1.39 bits per heavy atom. The molecule has 116 valence electrons. The molecule has 2 rings (SSSR count). The van der Waals surface area contributed by atoms with Crippen LogP contribution in [0.3, 0.4) is 0 Å². The second-order valence-electron chi connectivity index (χ2n) is 4.68. The maximum absolute atomic E-state index is 10.4. The van der Waals surface area contributed by atoms with E-state index >= 15 is 0 Å². The van der Waals surface area contributed by atoms with E-state index in [1.165, 1.54) is 12.1 Å². The van der Waals surface area contributed by atoms with E-state index in [2.05, 4.69) is 0 Å². The van der Waals surface area contributed by atoms with Crippen molar-refractivity contribution < 1.29 is 19.8 Å². The number of carboxylic acid groups (broad SMARTS) is 2. The van der Waals surface area contributed by atoms with Gasteiger partial charge in [0.25, 0.3) is 0 Å². The average molecular weight is 436 g/mol. The molecule has 0 bridgehead atoms. The molecule has 5 heteroatoms. The van der Waals surface area contributed by atoms with Crippen LogP contribution in [0, 0.1) is 0 Å². The second-order valence-corrected chi connectivity index (χ2v) is 4.68. The summed E-state index contributed by atoms with van der Waals surface area (Å²) in [6.45, 7) is 3.96. The molecule has 0 aromatic heterocycles. The van der Waals surface area contributed by atoms with Gasteiger partial charge in [0.15, 0.2) is 0 Å². The third-order valence-electron chi connectivity index (χ3n) is 3.14. The molecule has 0 heterocycles. The van der Waals surface area contributed by atoms with E-state index in [0.29, 0.717) is 0 Å². The molecule has 2 aromatic carbocycles. The first kappa shape index (κ1) is 22.0. The summed E-state index contributed by atoms with van der Waals surface area (Å²) in [4.78, 5) is 20.7. The van der Waals surface area contributed by atoms with E-state index in [0.717, 1.165) is 24.0 Å². The van der Waals surface area contributed by atoms with Crippen molar-refractivity contribution >= 4 is 60.8 Å². The molecular formula is C18H18BaO4. The molecule has 2 aromatic rings. The molecular weight excluding hydrogens is 418 g/mol. The van der Waals surface area contributed by atoms with Crippen molar-refractivity contribution in [2.45, 2.75) is 26.7 Å². The largest absolute Gasteiger partial charge is 2.00 e. The molecule has 0 N–H and O–H groups in total. The smallest absolute Gasteiger partial charge is 0.545 e. The number of aromatic carboxylic acids is 2. The number of carbonyl (C=O) groups is 2. The van der Waals surface area contributed by atoms with E-state index < -0.39 is 11.9 Å². The van der Waals surface area contributed by atoms with E-state index in [1.807, 2.05) is 26.0 Å². The van der Waals surface area contributed by atoms with Crippen molar-refractivity contribution in [2.24, 2.45) is 0 Å². The Balaban J connectivity index is 0.000000403. The maximum atomic E-state index is 10.4. The van der Waals surface area contributed by atoms with Gasteiger partial charge in [0.2, 0.25) is 0 Å². The van der Waals surface area contributed by atoms with Crippen LogP contribution in [0.4, 0.5) is 0 Å². The van der Waals surface area contributed by atoms with Crippen LogP contribution < -0.4 is 10.2 Å². The minimum absolute atomic E-state index is 0. The first-order chi connectivity index (χ1) is 10.5. The number of hydrogen-bond donors (Lipinski definition) is 0. The maximum Gasteiger partial charge on any atom is 2.00 e. The van der Waals surface area contributed by atoms with Gasteiger partial charge >= 0.3 is 48.9 Å². The summed E-state index contributed by atoms with van der Waals surface area (Å²) in [6, 6.07) is 13.6. The summed E-state index contributed by atoms with van der Waals surface area (Å²) in [6.07, 6.45) is 1.70. The van der Waals surface area contributed by atoms with Gasteiger partial charge in [0, 0.05) is 0 Å². The topological polar surface area (TPSA) is 80.3 Å². The van der Waals surface area contributed by atoms with Crippen LogP contribution in [-0.2, 0) is 12.8 Å². The predicted octanol–water partition coefficient (Wildman–Crippen LogP) is 0.844. The zero-order valence-electron chi connectivity index (χ0n) is 13.4. The number of carbonyl (C=O) groups excluding carboxylic acids is 2. The molecule has 0 atom stereocenters. The molecule has 0 amide bonds. The molecule has 0 spiro atoms. The molecule has 4 nitrogen and oxygen atoms in total. The summed E-state index contributed by atoms with van der Waals surface area (Å²) in [5, 5.41) is 20.7. The molecule has 0 aliphatic carbocycles. The third-order valence-corrected chi connectivity index (χ3v) is 3.14. The monoisotopic (exact) mass is 436 g/mol. The zero-order chi connectivity index (χ0) is 16.5. The van der Waals surface area contributed by atoms with E-state index in [1.54, 1.807) is 24.3 Å². The summed E-state index contributed by atoms with van der Waals surface area (Å²) in [5.41, 5.74) is 2.55. The van der Waals surface area contributed by atoms with Crippen LogP contribution in [-0.4, -0.2) is 60.8 Å². The Kier molecular flexibility index (Phi) is 11.0. The summed E-state index contributed by atoms with van der Waals surface area (Å²) in [5.74, 6) is -2.22. The molecule has 0 saturated carbocycles. The molecule has 0 radical (unpaired) electrons. The van der Waals surface area contributed by atoms with Gasteiger partial charge in [-0.15, -0.1) is 0 Å². The van der Waals surface area contributed by atoms with Gasteiger partial charge in [-0.2, -0.15) is 0 Å². The van der Waals surface area contributed by atoms with Gasteiger partial charge in [-0.25, -0.2) is 0 Å². The van der Waals surface area contributed by atoms with Crippen molar-refractivity contribution in [3.63, 3.8) is 0 Å². The summed E-state index contributed by atoms with van der Waals surface area (Å²) >= 11 is 0. The predicted molar refractivity (Wildman–Crippen MR) is 86.1 cm³/mol. The molecule has 0 fully saturated rings. The number of aryl methyl sites for hydroxylation is 2. The van der Waals surface area contributed by atoms with Crippen molar-refractivity contribution in [3.8, 4) is 0 Å². The van der Waals surface area contributed by atoms with Gasteiger partial charge < -0.3 is 19.8 Å². The van der Waals surface area contributed by atoms with Crippen molar-refractivity contribution in [3.05, 3.63) is 70.8 Å². The fourth-order valence-corrected chi connectivity index (χ4v) is 1.84. The van der Waals surface area contributed by atoms with E-state index in [-0.39, 0.29) is 60.0 Å². The Hall–Kier alpha value is -1.05. The van der Waals surface area contributed by atoms with Gasteiger partial charge in [-0.05, 0) is 47.2 Å².